The molecule has 1 saturated carbocycles. The number of aromatic nitrogens is 1. The lowest BCUT2D eigenvalue weighted by Crippen LogP contribution is -2.16. The van der Waals surface area contributed by atoms with Crippen LogP contribution in [0.25, 0.3) is 10.9 Å². The van der Waals surface area contributed by atoms with Gasteiger partial charge in [0.05, 0.1) is 5.52 Å². The quantitative estimate of drug-likeness (QED) is 0.721. The number of para-hydroxylation sites is 1. The fourth-order valence-electron chi connectivity index (χ4n) is 2.90. The van der Waals surface area contributed by atoms with Crippen LogP contribution >= 0.6 is 11.3 Å². The summed E-state index contributed by atoms with van der Waals surface area (Å²) < 4.78 is 2.41. The van der Waals surface area contributed by atoms with E-state index in [2.05, 4.69) is 57.2 Å². The first-order valence-electron chi connectivity index (χ1n) is 7.71. The molecule has 3 aromatic rings. The highest BCUT2D eigenvalue weighted by Crippen LogP contribution is 2.24. The van der Waals surface area contributed by atoms with Crippen molar-refractivity contribution in [3.63, 3.8) is 0 Å². The van der Waals surface area contributed by atoms with E-state index in [4.69, 9.17) is 0 Å². The van der Waals surface area contributed by atoms with Crippen molar-refractivity contribution < 1.29 is 0 Å². The molecular formula is C18H20N2S. The van der Waals surface area contributed by atoms with Gasteiger partial charge < -0.3 is 9.88 Å². The van der Waals surface area contributed by atoms with E-state index in [1.807, 2.05) is 0 Å². The van der Waals surface area contributed by atoms with Gasteiger partial charge in [0.15, 0.2) is 0 Å². The highest BCUT2D eigenvalue weighted by atomic mass is 32.1. The standard InChI is InChI=1S/C18H20N2S/c1-2-15-7-10-20(9-6-14-8-11-21-13-14)18(15)16(3-1)12-19-17-4-5-17/h1-3,7-8,10-11,13,17,19H,4-6,9,12H2. The number of hydrogen-bond donors (Lipinski definition) is 1. The summed E-state index contributed by atoms with van der Waals surface area (Å²) in [6, 6.07) is 11.9. The minimum Gasteiger partial charge on any atom is -0.347 e. The maximum Gasteiger partial charge on any atom is 0.0525 e. The largest absolute Gasteiger partial charge is 0.347 e. The molecule has 1 fully saturated rings. The molecule has 0 bridgehead atoms. The van der Waals surface area contributed by atoms with Crippen molar-refractivity contribution in [1.29, 1.82) is 0 Å². The van der Waals surface area contributed by atoms with E-state index >= 15 is 0 Å². The second-order valence-electron chi connectivity index (χ2n) is 5.90. The molecule has 2 nitrogen and oxygen atoms in total. The van der Waals surface area contributed by atoms with Gasteiger partial charge in [0.1, 0.15) is 0 Å². The topological polar surface area (TPSA) is 17.0 Å². The van der Waals surface area contributed by atoms with Gasteiger partial charge in [-0.15, -0.1) is 0 Å². The zero-order chi connectivity index (χ0) is 14.1. The third kappa shape index (κ3) is 2.89. The summed E-state index contributed by atoms with van der Waals surface area (Å²) >= 11 is 1.78. The molecule has 1 aliphatic rings. The Morgan fingerprint density at radius 2 is 2.14 bits per heavy atom. The van der Waals surface area contributed by atoms with Crippen molar-refractivity contribution in [1.82, 2.24) is 9.88 Å². The predicted molar refractivity (Wildman–Crippen MR) is 89.8 cm³/mol. The fraction of sp³-hybridized carbons (Fsp3) is 0.333. The van der Waals surface area contributed by atoms with Gasteiger partial charge in [0, 0.05) is 25.3 Å². The molecule has 0 unspecified atom stereocenters. The molecule has 2 heterocycles. The number of fused-ring (bicyclic) bond motifs is 1. The number of hydrogen-bond acceptors (Lipinski definition) is 2. The SMILES string of the molecule is c1cc(CNC2CC2)c2c(c1)ccn2CCc1ccsc1. The Morgan fingerprint density at radius 1 is 1.19 bits per heavy atom. The maximum absolute atomic E-state index is 3.64. The van der Waals surface area contributed by atoms with E-state index < -0.39 is 0 Å². The Labute approximate surface area is 129 Å². The Balaban J connectivity index is 1.58. The van der Waals surface area contributed by atoms with E-state index in [0.29, 0.717) is 0 Å². The first-order chi connectivity index (χ1) is 10.4. The smallest absolute Gasteiger partial charge is 0.0525 e. The van der Waals surface area contributed by atoms with Crippen LogP contribution in [0.5, 0.6) is 0 Å². The normalized spacial score (nSPS) is 14.9. The Morgan fingerprint density at radius 3 is 2.95 bits per heavy atom. The summed E-state index contributed by atoms with van der Waals surface area (Å²) in [6.45, 7) is 2.05. The van der Waals surface area contributed by atoms with Gasteiger partial charge in [0.2, 0.25) is 0 Å². The van der Waals surface area contributed by atoms with Crippen LogP contribution < -0.4 is 5.32 Å². The lowest BCUT2D eigenvalue weighted by atomic mass is 10.1. The molecule has 0 saturated heterocycles. The minimum absolute atomic E-state index is 0.759. The van der Waals surface area contributed by atoms with Gasteiger partial charge in [-0.1, -0.05) is 18.2 Å². The van der Waals surface area contributed by atoms with Gasteiger partial charge in [0.25, 0.3) is 0 Å². The zero-order valence-corrected chi connectivity index (χ0v) is 12.9. The fourth-order valence-corrected chi connectivity index (χ4v) is 3.60. The van der Waals surface area contributed by atoms with Crippen molar-refractivity contribution in [2.75, 3.05) is 0 Å². The molecule has 1 aliphatic carbocycles. The molecule has 0 aliphatic heterocycles. The number of thiophene rings is 1. The molecule has 108 valence electrons. The first-order valence-corrected chi connectivity index (χ1v) is 8.65. The van der Waals surface area contributed by atoms with Gasteiger partial charge in [-0.25, -0.2) is 0 Å². The molecule has 0 spiro atoms. The van der Waals surface area contributed by atoms with Crippen molar-refractivity contribution in [2.45, 2.75) is 38.4 Å². The third-order valence-electron chi connectivity index (χ3n) is 4.25. The summed E-state index contributed by atoms with van der Waals surface area (Å²) in [7, 11) is 0. The van der Waals surface area contributed by atoms with E-state index in [1.54, 1.807) is 11.3 Å². The highest BCUT2D eigenvalue weighted by molar-refractivity contribution is 7.07. The molecule has 2 aromatic heterocycles. The summed E-state index contributed by atoms with van der Waals surface area (Å²) in [5.41, 5.74) is 4.27. The minimum atomic E-state index is 0.759. The first kappa shape index (κ1) is 13.1. The van der Waals surface area contributed by atoms with E-state index in [-0.39, 0.29) is 0 Å². The van der Waals surface area contributed by atoms with Gasteiger partial charge in [-0.05, 0) is 58.7 Å². The van der Waals surface area contributed by atoms with Crippen LogP contribution in [0, 0.1) is 0 Å². The van der Waals surface area contributed by atoms with Crippen LogP contribution in [-0.4, -0.2) is 10.6 Å². The van der Waals surface area contributed by atoms with Gasteiger partial charge in [-0.2, -0.15) is 11.3 Å². The Kier molecular flexibility index (Phi) is 3.53. The molecular weight excluding hydrogens is 276 g/mol. The number of nitrogens with zero attached hydrogens (tertiary/aromatic N) is 1. The number of rotatable bonds is 6. The highest BCUT2D eigenvalue weighted by Gasteiger charge is 2.20. The summed E-state index contributed by atoms with van der Waals surface area (Å²) in [5, 5.41) is 9.41. The molecule has 1 aromatic carbocycles. The van der Waals surface area contributed by atoms with Gasteiger partial charge in [-0.3, -0.25) is 0 Å². The van der Waals surface area contributed by atoms with E-state index in [9.17, 15) is 0 Å². The van der Waals surface area contributed by atoms with Crippen LogP contribution in [-0.2, 0) is 19.5 Å². The predicted octanol–water partition coefficient (Wildman–Crippen LogP) is 4.20. The monoisotopic (exact) mass is 296 g/mol. The average molecular weight is 296 g/mol. The lowest BCUT2D eigenvalue weighted by molar-refractivity contribution is 0.680. The van der Waals surface area contributed by atoms with Crippen molar-refractivity contribution in [3.05, 3.63) is 58.4 Å². The summed E-state index contributed by atoms with van der Waals surface area (Å²) in [5.74, 6) is 0. The van der Waals surface area contributed by atoms with E-state index in [0.717, 1.165) is 25.6 Å². The number of aryl methyl sites for hydroxylation is 2. The molecule has 0 atom stereocenters. The Hall–Kier alpha value is -1.58. The number of nitrogens with one attached hydrogen (secondary N) is 1. The second kappa shape index (κ2) is 5.66. The zero-order valence-electron chi connectivity index (χ0n) is 12.1. The van der Waals surface area contributed by atoms with Crippen LogP contribution in [0.4, 0.5) is 0 Å². The van der Waals surface area contributed by atoms with Crippen LogP contribution in [0.2, 0.25) is 0 Å². The molecule has 3 heteroatoms. The molecule has 4 rings (SSSR count). The van der Waals surface area contributed by atoms with Crippen LogP contribution in [0.15, 0.2) is 47.3 Å². The van der Waals surface area contributed by atoms with Crippen LogP contribution in [0.1, 0.15) is 24.0 Å². The maximum atomic E-state index is 3.64. The van der Waals surface area contributed by atoms with Crippen molar-refractivity contribution in [2.24, 2.45) is 0 Å². The number of benzene rings is 1. The summed E-state index contributed by atoms with van der Waals surface area (Å²) in [4.78, 5) is 0. The average Bonchev–Trinajstić information content (AvgIpc) is 3.01. The van der Waals surface area contributed by atoms with Crippen LogP contribution in [0.3, 0.4) is 0 Å². The lowest BCUT2D eigenvalue weighted by Gasteiger charge is -2.10. The molecule has 0 amide bonds. The molecule has 0 radical (unpaired) electrons. The molecule has 1 N–H and O–H groups in total. The van der Waals surface area contributed by atoms with Crippen molar-refractivity contribution in [3.8, 4) is 0 Å². The second-order valence-corrected chi connectivity index (χ2v) is 6.68. The molecule has 21 heavy (non-hydrogen) atoms. The third-order valence-corrected chi connectivity index (χ3v) is 4.98. The van der Waals surface area contributed by atoms with Gasteiger partial charge >= 0.3 is 0 Å². The Bertz CT molecular complexity index is 723. The summed E-state index contributed by atoms with van der Waals surface area (Å²) in [6.07, 6.45) is 6.03. The van der Waals surface area contributed by atoms with E-state index in [1.165, 1.54) is 34.9 Å². The van der Waals surface area contributed by atoms with Crippen molar-refractivity contribution >= 4 is 22.2 Å².